The van der Waals surface area contributed by atoms with Gasteiger partial charge in [0.1, 0.15) is 5.75 Å². The van der Waals surface area contributed by atoms with Gasteiger partial charge in [0.2, 0.25) is 6.79 Å². The lowest BCUT2D eigenvalue weighted by atomic mass is 10.1. The number of rotatable bonds is 4. The molecule has 0 atom stereocenters. The summed E-state index contributed by atoms with van der Waals surface area (Å²) in [5.74, 6) is 0.619. The summed E-state index contributed by atoms with van der Waals surface area (Å²) in [5, 5.41) is 11.0. The fourth-order valence-corrected chi connectivity index (χ4v) is 2.29. The molecule has 0 N–H and O–H groups in total. The smallest absolute Gasteiger partial charge is 0.345 e. The highest BCUT2D eigenvalue weighted by atomic mass is 16.7. The number of nitro benzene ring substituents is 1. The molecule has 0 radical (unpaired) electrons. The normalized spacial score (nSPS) is 11.9. The zero-order chi connectivity index (χ0) is 17.3. The van der Waals surface area contributed by atoms with Crippen LogP contribution in [0.15, 0.2) is 36.4 Å². The van der Waals surface area contributed by atoms with Crippen LogP contribution in [-0.4, -0.2) is 31.8 Å². The number of hydrogen-bond acceptors (Lipinski definition) is 7. The summed E-state index contributed by atoms with van der Waals surface area (Å²) in [6.07, 6.45) is 0. The molecule has 0 spiro atoms. The highest BCUT2D eigenvalue weighted by molar-refractivity contribution is 5.98. The minimum absolute atomic E-state index is 0.104. The quantitative estimate of drug-likeness (QED) is 0.368. The zero-order valence-corrected chi connectivity index (χ0v) is 13.0. The van der Waals surface area contributed by atoms with Gasteiger partial charge in [-0.05, 0) is 18.2 Å². The summed E-state index contributed by atoms with van der Waals surface area (Å²) < 4.78 is 15.7. The van der Waals surface area contributed by atoms with Gasteiger partial charge in [-0.15, -0.1) is 0 Å². The monoisotopic (exact) mass is 330 g/mol. The molecule has 0 saturated heterocycles. The minimum atomic E-state index is -0.693. The lowest BCUT2D eigenvalue weighted by Crippen LogP contribution is -2.17. The lowest BCUT2D eigenvalue weighted by molar-refractivity contribution is -0.384. The maximum Gasteiger partial charge on any atom is 0.345 e. The molecule has 3 rings (SSSR count). The van der Waals surface area contributed by atoms with E-state index < -0.39 is 10.9 Å². The Morgan fingerprint density at radius 2 is 1.92 bits per heavy atom. The van der Waals surface area contributed by atoms with E-state index in [0.29, 0.717) is 17.2 Å². The molecule has 0 aliphatic carbocycles. The van der Waals surface area contributed by atoms with E-state index in [-0.39, 0.29) is 23.8 Å². The molecule has 2 aromatic rings. The first-order valence-electron chi connectivity index (χ1n) is 7.03. The number of nitrogens with zero attached hydrogens (tertiary/aromatic N) is 2. The van der Waals surface area contributed by atoms with Gasteiger partial charge in [0, 0.05) is 32.3 Å². The first kappa shape index (κ1) is 15.6. The molecule has 1 aliphatic heterocycles. The van der Waals surface area contributed by atoms with E-state index in [1.165, 1.54) is 24.3 Å². The molecule has 0 saturated carbocycles. The molecular weight excluding hydrogens is 316 g/mol. The molecule has 8 nitrogen and oxygen atoms in total. The zero-order valence-electron chi connectivity index (χ0n) is 13.0. The van der Waals surface area contributed by atoms with Crippen molar-refractivity contribution in [3.05, 3.63) is 52.1 Å². The Morgan fingerprint density at radius 1 is 1.17 bits per heavy atom. The topological polar surface area (TPSA) is 91.1 Å². The van der Waals surface area contributed by atoms with Crippen molar-refractivity contribution in [1.29, 1.82) is 0 Å². The SMILES string of the molecule is CN(C)c1ccc([N+](=O)[O-])cc1C(=O)Oc1ccc2c(c1)OCO2. The Bertz CT molecular complexity index is 818. The molecule has 0 bridgehead atoms. The summed E-state index contributed by atoms with van der Waals surface area (Å²) >= 11 is 0. The second-order valence-electron chi connectivity index (χ2n) is 5.26. The highest BCUT2D eigenvalue weighted by Crippen LogP contribution is 2.35. The lowest BCUT2D eigenvalue weighted by Gasteiger charge is -2.16. The van der Waals surface area contributed by atoms with Gasteiger partial charge in [-0.1, -0.05) is 0 Å². The van der Waals surface area contributed by atoms with E-state index in [9.17, 15) is 14.9 Å². The van der Waals surface area contributed by atoms with E-state index >= 15 is 0 Å². The maximum atomic E-state index is 12.5. The molecule has 0 fully saturated rings. The predicted molar refractivity (Wildman–Crippen MR) is 84.9 cm³/mol. The number of fused-ring (bicyclic) bond motifs is 1. The van der Waals surface area contributed by atoms with E-state index in [4.69, 9.17) is 14.2 Å². The van der Waals surface area contributed by atoms with Crippen LogP contribution in [0.25, 0.3) is 0 Å². The van der Waals surface area contributed by atoms with Crippen molar-refractivity contribution in [2.24, 2.45) is 0 Å². The first-order valence-corrected chi connectivity index (χ1v) is 7.03. The number of carbonyl (C=O) groups excluding carboxylic acids is 1. The van der Waals surface area contributed by atoms with Crippen molar-refractivity contribution in [3.63, 3.8) is 0 Å². The fourth-order valence-electron chi connectivity index (χ4n) is 2.29. The largest absolute Gasteiger partial charge is 0.454 e. The van der Waals surface area contributed by atoms with E-state index in [2.05, 4.69) is 0 Å². The second kappa shape index (κ2) is 6.07. The minimum Gasteiger partial charge on any atom is -0.454 e. The van der Waals surface area contributed by atoms with Crippen molar-refractivity contribution in [1.82, 2.24) is 0 Å². The van der Waals surface area contributed by atoms with Crippen molar-refractivity contribution < 1.29 is 23.9 Å². The van der Waals surface area contributed by atoms with Gasteiger partial charge in [-0.3, -0.25) is 10.1 Å². The van der Waals surface area contributed by atoms with Crippen LogP contribution >= 0.6 is 0 Å². The summed E-state index contributed by atoms with van der Waals surface area (Å²) in [6, 6.07) is 8.78. The van der Waals surface area contributed by atoms with Crippen LogP contribution in [0.1, 0.15) is 10.4 Å². The third-order valence-electron chi connectivity index (χ3n) is 3.45. The number of ether oxygens (including phenoxy) is 3. The highest BCUT2D eigenvalue weighted by Gasteiger charge is 2.21. The third kappa shape index (κ3) is 2.94. The predicted octanol–water partition coefficient (Wildman–Crippen LogP) is 2.61. The molecule has 1 aliphatic rings. The molecule has 0 aromatic heterocycles. The van der Waals surface area contributed by atoms with Crippen molar-refractivity contribution in [2.75, 3.05) is 25.8 Å². The van der Waals surface area contributed by atoms with Crippen molar-refractivity contribution in [3.8, 4) is 17.2 Å². The molecule has 0 amide bonds. The Kier molecular flexibility index (Phi) is 3.95. The number of esters is 1. The van der Waals surface area contributed by atoms with Crippen molar-refractivity contribution >= 4 is 17.3 Å². The number of anilines is 1. The molecule has 2 aromatic carbocycles. The van der Waals surface area contributed by atoms with E-state index in [1.807, 2.05) is 0 Å². The van der Waals surface area contributed by atoms with Crippen LogP contribution in [0.3, 0.4) is 0 Å². The Hall–Kier alpha value is -3.29. The second-order valence-corrected chi connectivity index (χ2v) is 5.26. The number of nitro groups is 1. The van der Waals surface area contributed by atoms with E-state index in [0.717, 1.165) is 0 Å². The number of benzene rings is 2. The molecule has 24 heavy (non-hydrogen) atoms. The van der Waals surface area contributed by atoms with E-state index in [1.54, 1.807) is 31.1 Å². The van der Waals surface area contributed by atoms with Gasteiger partial charge in [0.05, 0.1) is 16.2 Å². The van der Waals surface area contributed by atoms with Crippen LogP contribution in [0.5, 0.6) is 17.2 Å². The van der Waals surface area contributed by atoms with Gasteiger partial charge < -0.3 is 19.1 Å². The Balaban J connectivity index is 1.91. The van der Waals surface area contributed by atoms with Gasteiger partial charge in [-0.25, -0.2) is 4.79 Å². The average molecular weight is 330 g/mol. The van der Waals surface area contributed by atoms with Crippen LogP contribution in [0.2, 0.25) is 0 Å². The standard InChI is InChI=1S/C16H14N2O6/c1-17(2)13-5-3-10(18(20)21)7-12(13)16(19)24-11-4-6-14-15(8-11)23-9-22-14/h3-8H,9H2,1-2H3. The molecule has 124 valence electrons. The van der Waals surface area contributed by atoms with Gasteiger partial charge in [0.15, 0.2) is 11.5 Å². The summed E-state index contributed by atoms with van der Waals surface area (Å²) in [5.41, 5.74) is 0.441. The van der Waals surface area contributed by atoms with Gasteiger partial charge in [0.25, 0.3) is 5.69 Å². The summed E-state index contributed by atoms with van der Waals surface area (Å²) in [4.78, 5) is 24.5. The summed E-state index contributed by atoms with van der Waals surface area (Å²) in [7, 11) is 3.47. The number of carbonyl (C=O) groups is 1. The molecule has 8 heteroatoms. The number of non-ortho nitro benzene ring substituents is 1. The Labute approximate surface area is 137 Å². The third-order valence-corrected chi connectivity index (χ3v) is 3.45. The average Bonchev–Trinajstić information content (AvgIpc) is 3.01. The molecular formula is C16H14N2O6. The summed E-state index contributed by atoms with van der Waals surface area (Å²) in [6.45, 7) is 0.113. The molecule has 0 unspecified atom stereocenters. The van der Waals surface area contributed by atoms with Crippen LogP contribution in [-0.2, 0) is 0 Å². The first-order chi connectivity index (χ1) is 11.5. The Morgan fingerprint density at radius 3 is 2.62 bits per heavy atom. The van der Waals surface area contributed by atoms with Gasteiger partial charge >= 0.3 is 5.97 Å². The van der Waals surface area contributed by atoms with Crippen LogP contribution < -0.4 is 19.1 Å². The van der Waals surface area contributed by atoms with Gasteiger partial charge in [-0.2, -0.15) is 0 Å². The van der Waals surface area contributed by atoms with Crippen LogP contribution in [0, 0.1) is 10.1 Å². The van der Waals surface area contributed by atoms with Crippen LogP contribution in [0.4, 0.5) is 11.4 Å². The molecule has 1 heterocycles. The fraction of sp³-hybridized carbons (Fsp3) is 0.188. The van der Waals surface area contributed by atoms with Crippen molar-refractivity contribution in [2.45, 2.75) is 0 Å². The number of hydrogen-bond donors (Lipinski definition) is 0. The maximum absolute atomic E-state index is 12.5.